The number of rotatable bonds is 4. The van der Waals surface area contributed by atoms with Gasteiger partial charge in [0.15, 0.2) is 0 Å². The molecule has 0 spiro atoms. The summed E-state index contributed by atoms with van der Waals surface area (Å²) in [5, 5.41) is 0. The van der Waals surface area contributed by atoms with Crippen molar-refractivity contribution < 1.29 is 4.74 Å². The molecule has 0 amide bonds. The monoisotopic (exact) mass is 231 g/mol. The third-order valence-electron chi connectivity index (χ3n) is 2.91. The Balaban J connectivity index is 2.35. The number of nitrogens with two attached hydrogens (primary N) is 1. The van der Waals surface area contributed by atoms with Crippen molar-refractivity contribution in [2.24, 2.45) is 5.73 Å². The maximum absolute atomic E-state index is 5.83. The first-order valence-electron chi connectivity index (χ1n) is 5.60. The van der Waals surface area contributed by atoms with E-state index in [2.05, 4.69) is 16.0 Å². The molecule has 1 aromatic carbocycles. The number of aromatic nitrogens is 2. The molecule has 0 aliphatic rings. The van der Waals surface area contributed by atoms with Gasteiger partial charge in [0.25, 0.3) is 0 Å². The highest BCUT2D eigenvalue weighted by atomic mass is 16.5. The van der Waals surface area contributed by atoms with Crippen LogP contribution in [0.1, 0.15) is 22.9 Å². The van der Waals surface area contributed by atoms with Crippen molar-refractivity contribution in [2.75, 3.05) is 13.7 Å². The molecule has 1 heterocycles. The van der Waals surface area contributed by atoms with E-state index >= 15 is 0 Å². The first-order chi connectivity index (χ1) is 8.26. The number of aryl methyl sites for hydroxylation is 1. The molecule has 0 radical (unpaired) electrons. The molecule has 1 unspecified atom stereocenters. The van der Waals surface area contributed by atoms with E-state index in [1.165, 1.54) is 0 Å². The van der Waals surface area contributed by atoms with E-state index in [9.17, 15) is 0 Å². The number of methoxy groups -OCH3 is 1. The van der Waals surface area contributed by atoms with Gasteiger partial charge in [-0.25, -0.2) is 4.98 Å². The predicted octanol–water partition coefficient (Wildman–Crippen LogP) is 1.82. The Bertz CT molecular complexity index is 479. The number of nitrogens with one attached hydrogen (secondary N) is 1. The van der Waals surface area contributed by atoms with Gasteiger partial charge < -0.3 is 15.5 Å². The fraction of sp³-hybridized carbons (Fsp3) is 0.308. The van der Waals surface area contributed by atoms with E-state index in [0.717, 1.165) is 22.7 Å². The molecule has 90 valence electrons. The van der Waals surface area contributed by atoms with Crippen LogP contribution >= 0.6 is 0 Å². The minimum atomic E-state index is 0.106. The highest BCUT2D eigenvalue weighted by Crippen LogP contribution is 2.26. The molecule has 1 atom stereocenters. The molecule has 17 heavy (non-hydrogen) atoms. The lowest BCUT2D eigenvalue weighted by atomic mass is 9.96. The maximum atomic E-state index is 5.83. The lowest BCUT2D eigenvalue weighted by Gasteiger charge is -2.14. The Kier molecular flexibility index (Phi) is 3.44. The first kappa shape index (κ1) is 11.7. The molecule has 4 heteroatoms. The summed E-state index contributed by atoms with van der Waals surface area (Å²) in [6, 6.07) is 6.10. The number of imidazole rings is 1. The van der Waals surface area contributed by atoms with Gasteiger partial charge in [0.05, 0.1) is 13.0 Å². The normalized spacial score (nSPS) is 12.4. The third kappa shape index (κ3) is 2.31. The van der Waals surface area contributed by atoms with Gasteiger partial charge in [-0.15, -0.1) is 0 Å². The fourth-order valence-electron chi connectivity index (χ4n) is 1.99. The van der Waals surface area contributed by atoms with Gasteiger partial charge in [-0.2, -0.15) is 0 Å². The number of hydrogen-bond acceptors (Lipinski definition) is 3. The Morgan fingerprint density at radius 1 is 1.47 bits per heavy atom. The number of aromatic amines is 1. The molecule has 0 saturated carbocycles. The SMILES string of the molecule is COc1ccc(C(CN)c2ncc[nH]2)cc1C. The maximum Gasteiger partial charge on any atom is 0.121 e. The van der Waals surface area contributed by atoms with Crippen LogP contribution in [-0.4, -0.2) is 23.6 Å². The largest absolute Gasteiger partial charge is 0.496 e. The summed E-state index contributed by atoms with van der Waals surface area (Å²) in [5.41, 5.74) is 8.09. The Hall–Kier alpha value is -1.81. The quantitative estimate of drug-likeness (QED) is 0.843. The van der Waals surface area contributed by atoms with Crippen molar-refractivity contribution in [3.8, 4) is 5.75 Å². The molecular weight excluding hydrogens is 214 g/mol. The smallest absolute Gasteiger partial charge is 0.121 e. The molecule has 1 aromatic heterocycles. The van der Waals surface area contributed by atoms with Gasteiger partial charge in [0, 0.05) is 18.9 Å². The molecule has 0 aliphatic heterocycles. The van der Waals surface area contributed by atoms with E-state index in [4.69, 9.17) is 10.5 Å². The minimum absolute atomic E-state index is 0.106. The molecular formula is C13H17N3O. The Morgan fingerprint density at radius 2 is 2.29 bits per heavy atom. The number of ether oxygens (including phenoxy) is 1. The average Bonchev–Trinajstić information content (AvgIpc) is 2.84. The number of H-pyrrole nitrogens is 1. The van der Waals surface area contributed by atoms with E-state index < -0.39 is 0 Å². The van der Waals surface area contributed by atoms with Crippen molar-refractivity contribution >= 4 is 0 Å². The summed E-state index contributed by atoms with van der Waals surface area (Å²) in [7, 11) is 1.68. The molecule has 0 fully saturated rings. The highest BCUT2D eigenvalue weighted by molar-refractivity contribution is 5.39. The van der Waals surface area contributed by atoms with Crippen LogP contribution in [-0.2, 0) is 0 Å². The second-order valence-corrected chi connectivity index (χ2v) is 3.99. The first-order valence-corrected chi connectivity index (χ1v) is 5.60. The van der Waals surface area contributed by atoms with Crippen LogP contribution < -0.4 is 10.5 Å². The molecule has 2 aromatic rings. The summed E-state index contributed by atoms with van der Waals surface area (Å²) in [6.45, 7) is 2.55. The van der Waals surface area contributed by atoms with Gasteiger partial charge in [0.2, 0.25) is 0 Å². The van der Waals surface area contributed by atoms with Crippen molar-refractivity contribution in [3.63, 3.8) is 0 Å². The van der Waals surface area contributed by atoms with E-state index in [1.807, 2.05) is 25.3 Å². The van der Waals surface area contributed by atoms with Crippen LogP contribution in [0.3, 0.4) is 0 Å². The van der Waals surface area contributed by atoms with Gasteiger partial charge >= 0.3 is 0 Å². The van der Waals surface area contributed by atoms with Crippen LogP contribution in [0.2, 0.25) is 0 Å². The molecule has 3 N–H and O–H groups in total. The lowest BCUT2D eigenvalue weighted by Crippen LogP contribution is -2.15. The standard InChI is InChI=1S/C13H17N3O/c1-9-7-10(3-4-12(9)17-2)11(8-14)13-15-5-6-16-13/h3-7,11H,8,14H2,1-2H3,(H,15,16). The Morgan fingerprint density at radius 3 is 2.82 bits per heavy atom. The van der Waals surface area contributed by atoms with Crippen molar-refractivity contribution in [1.29, 1.82) is 0 Å². The van der Waals surface area contributed by atoms with Gasteiger partial charge in [0.1, 0.15) is 11.6 Å². The van der Waals surface area contributed by atoms with Gasteiger partial charge in [-0.1, -0.05) is 12.1 Å². The van der Waals surface area contributed by atoms with Gasteiger partial charge in [-0.3, -0.25) is 0 Å². The van der Waals surface area contributed by atoms with Crippen molar-refractivity contribution in [1.82, 2.24) is 9.97 Å². The van der Waals surface area contributed by atoms with Crippen LogP contribution in [0.25, 0.3) is 0 Å². The average molecular weight is 231 g/mol. The van der Waals surface area contributed by atoms with E-state index in [-0.39, 0.29) is 5.92 Å². The fourth-order valence-corrected chi connectivity index (χ4v) is 1.99. The second kappa shape index (κ2) is 5.01. The summed E-state index contributed by atoms with van der Waals surface area (Å²) in [6.07, 6.45) is 3.56. The van der Waals surface area contributed by atoms with Crippen molar-refractivity contribution in [2.45, 2.75) is 12.8 Å². The van der Waals surface area contributed by atoms with Crippen LogP contribution in [0, 0.1) is 6.92 Å². The number of hydrogen-bond donors (Lipinski definition) is 2. The number of nitrogens with zero attached hydrogens (tertiary/aromatic N) is 1. The molecule has 0 saturated heterocycles. The zero-order chi connectivity index (χ0) is 12.3. The topological polar surface area (TPSA) is 63.9 Å². The summed E-state index contributed by atoms with van der Waals surface area (Å²) < 4.78 is 5.25. The van der Waals surface area contributed by atoms with E-state index in [0.29, 0.717) is 6.54 Å². The number of benzene rings is 1. The van der Waals surface area contributed by atoms with Crippen LogP contribution in [0.15, 0.2) is 30.6 Å². The summed E-state index contributed by atoms with van der Waals surface area (Å²) in [4.78, 5) is 7.38. The molecule has 0 aliphatic carbocycles. The molecule has 2 rings (SSSR count). The second-order valence-electron chi connectivity index (χ2n) is 3.99. The van der Waals surface area contributed by atoms with E-state index in [1.54, 1.807) is 13.3 Å². The van der Waals surface area contributed by atoms with Crippen LogP contribution in [0.5, 0.6) is 5.75 Å². The summed E-state index contributed by atoms with van der Waals surface area (Å²) in [5.74, 6) is 1.90. The third-order valence-corrected chi connectivity index (χ3v) is 2.91. The van der Waals surface area contributed by atoms with Gasteiger partial charge in [-0.05, 0) is 24.1 Å². The van der Waals surface area contributed by atoms with Crippen LogP contribution in [0.4, 0.5) is 0 Å². The predicted molar refractivity (Wildman–Crippen MR) is 67.2 cm³/mol. The summed E-state index contributed by atoms with van der Waals surface area (Å²) >= 11 is 0. The zero-order valence-electron chi connectivity index (χ0n) is 10.1. The van der Waals surface area contributed by atoms with Crippen molar-refractivity contribution in [3.05, 3.63) is 47.5 Å². The zero-order valence-corrected chi connectivity index (χ0v) is 10.1. The highest BCUT2D eigenvalue weighted by Gasteiger charge is 2.15. The lowest BCUT2D eigenvalue weighted by molar-refractivity contribution is 0.411. The molecule has 4 nitrogen and oxygen atoms in total. The minimum Gasteiger partial charge on any atom is -0.496 e. The Labute approximate surface area is 101 Å². The molecule has 0 bridgehead atoms.